The lowest BCUT2D eigenvalue weighted by atomic mass is 10.0. The zero-order valence-electron chi connectivity index (χ0n) is 14.1. The minimum absolute atomic E-state index is 0.143. The van der Waals surface area contributed by atoms with Gasteiger partial charge < -0.3 is 9.52 Å². The van der Waals surface area contributed by atoms with Crippen LogP contribution in [-0.2, 0) is 0 Å². The molecule has 1 heterocycles. The molecule has 0 fully saturated rings. The Morgan fingerprint density at radius 1 is 1.04 bits per heavy atom. The molecule has 134 valence electrons. The van der Waals surface area contributed by atoms with Crippen LogP contribution in [0.3, 0.4) is 0 Å². The van der Waals surface area contributed by atoms with E-state index in [0.29, 0.717) is 21.5 Å². The summed E-state index contributed by atoms with van der Waals surface area (Å²) in [5.41, 5.74) is 1.01. The highest BCUT2D eigenvalue weighted by Crippen LogP contribution is 2.38. The molecule has 1 aromatic heterocycles. The molecule has 0 aliphatic rings. The van der Waals surface area contributed by atoms with E-state index in [4.69, 9.17) is 27.6 Å². The maximum Gasteiger partial charge on any atom is 0.354 e. The second-order valence-electron chi connectivity index (χ2n) is 6.07. The van der Waals surface area contributed by atoms with Crippen molar-refractivity contribution in [3.8, 4) is 17.1 Å². The number of hydrogen-bond acceptors (Lipinski definition) is 4. The minimum Gasteiger partial charge on any atom is -0.506 e. The standard InChI is InChI=1S/C20H16Cl2O3S/c1-11(2)15-5-3-4-6-18(15)26-19-16(23)10-17(25-20(19)24)12-7-13(21)9-14(22)8-12/h3-11,23H,1-2H3. The Morgan fingerprint density at radius 3 is 2.31 bits per heavy atom. The third-order valence-electron chi connectivity index (χ3n) is 3.79. The number of halogens is 2. The second kappa shape index (κ2) is 7.78. The van der Waals surface area contributed by atoms with Crippen molar-refractivity contribution < 1.29 is 9.52 Å². The summed E-state index contributed by atoms with van der Waals surface area (Å²) in [6.45, 7) is 4.15. The van der Waals surface area contributed by atoms with Gasteiger partial charge in [0.2, 0.25) is 0 Å². The molecule has 0 saturated heterocycles. The first kappa shape index (κ1) is 18.9. The van der Waals surface area contributed by atoms with Gasteiger partial charge in [0.1, 0.15) is 16.4 Å². The number of rotatable bonds is 4. The van der Waals surface area contributed by atoms with Crippen molar-refractivity contribution in [2.75, 3.05) is 0 Å². The van der Waals surface area contributed by atoms with Crippen LogP contribution < -0.4 is 5.63 Å². The zero-order chi connectivity index (χ0) is 18.8. The summed E-state index contributed by atoms with van der Waals surface area (Å²) >= 11 is 13.2. The molecule has 1 N–H and O–H groups in total. The van der Waals surface area contributed by atoms with Crippen LogP contribution in [0.4, 0.5) is 0 Å². The summed E-state index contributed by atoms with van der Waals surface area (Å²) < 4.78 is 5.40. The molecule has 0 atom stereocenters. The van der Waals surface area contributed by atoms with Crippen LogP contribution in [-0.4, -0.2) is 5.11 Å². The monoisotopic (exact) mass is 406 g/mol. The molecule has 3 nitrogen and oxygen atoms in total. The van der Waals surface area contributed by atoms with Gasteiger partial charge in [0.25, 0.3) is 0 Å². The van der Waals surface area contributed by atoms with Crippen molar-refractivity contribution >= 4 is 35.0 Å². The van der Waals surface area contributed by atoms with Gasteiger partial charge in [-0.15, -0.1) is 0 Å². The highest BCUT2D eigenvalue weighted by Gasteiger charge is 2.17. The second-order valence-corrected chi connectivity index (χ2v) is 7.99. The van der Waals surface area contributed by atoms with Gasteiger partial charge in [-0.2, -0.15) is 0 Å². The lowest BCUT2D eigenvalue weighted by Gasteiger charge is -2.12. The fourth-order valence-electron chi connectivity index (χ4n) is 2.56. The highest BCUT2D eigenvalue weighted by molar-refractivity contribution is 7.99. The quantitative estimate of drug-likeness (QED) is 0.530. The van der Waals surface area contributed by atoms with Crippen molar-refractivity contribution in [3.63, 3.8) is 0 Å². The Hall–Kier alpha value is -1.88. The van der Waals surface area contributed by atoms with Gasteiger partial charge in [-0.05, 0) is 35.7 Å². The van der Waals surface area contributed by atoms with E-state index in [2.05, 4.69) is 13.8 Å². The van der Waals surface area contributed by atoms with E-state index in [0.717, 1.165) is 10.5 Å². The van der Waals surface area contributed by atoms with Gasteiger partial charge in [0, 0.05) is 26.6 Å². The Morgan fingerprint density at radius 2 is 1.69 bits per heavy atom. The van der Waals surface area contributed by atoms with E-state index in [1.165, 1.54) is 17.8 Å². The van der Waals surface area contributed by atoms with Crippen LogP contribution >= 0.6 is 35.0 Å². The summed E-state index contributed by atoms with van der Waals surface area (Å²) in [6.07, 6.45) is 0. The maximum absolute atomic E-state index is 12.5. The third kappa shape index (κ3) is 4.09. The van der Waals surface area contributed by atoms with Gasteiger partial charge in [-0.1, -0.05) is 67.0 Å². The molecule has 0 saturated carbocycles. The Bertz CT molecular complexity index is 992. The van der Waals surface area contributed by atoms with Crippen LogP contribution in [0.5, 0.6) is 5.75 Å². The molecule has 6 heteroatoms. The molecule has 0 aliphatic carbocycles. The smallest absolute Gasteiger partial charge is 0.354 e. The largest absolute Gasteiger partial charge is 0.506 e. The summed E-state index contributed by atoms with van der Waals surface area (Å²) in [4.78, 5) is 13.5. The molecule has 3 rings (SSSR count). The van der Waals surface area contributed by atoms with Gasteiger partial charge in [-0.3, -0.25) is 0 Å². The van der Waals surface area contributed by atoms with Crippen LogP contribution in [0.1, 0.15) is 25.3 Å². The molecule has 0 aliphatic heterocycles. The summed E-state index contributed by atoms with van der Waals surface area (Å²) in [6, 6.07) is 14.0. The van der Waals surface area contributed by atoms with E-state index >= 15 is 0 Å². The number of aromatic hydroxyl groups is 1. The van der Waals surface area contributed by atoms with Crippen LogP contribution in [0, 0.1) is 0 Å². The highest BCUT2D eigenvalue weighted by atomic mass is 35.5. The van der Waals surface area contributed by atoms with E-state index < -0.39 is 5.63 Å². The van der Waals surface area contributed by atoms with Crippen LogP contribution in [0.15, 0.2) is 67.5 Å². The topological polar surface area (TPSA) is 50.4 Å². The first-order valence-electron chi connectivity index (χ1n) is 7.95. The summed E-state index contributed by atoms with van der Waals surface area (Å²) in [5, 5.41) is 11.2. The Kier molecular flexibility index (Phi) is 5.66. The van der Waals surface area contributed by atoms with Crippen LogP contribution in [0.25, 0.3) is 11.3 Å². The molecule has 0 unspecified atom stereocenters. The zero-order valence-corrected chi connectivity index (χ0v) is 16.5. The average Bonchev–Trinajstić information content (AvgIpc) is 2.57. The lowest BCUT2D eigenvalue weighted by molar-refractivity contribution is 0.430. The molecule has 0 amide bonds. The van der Waals surface area contributed by atoms with Gasteiger partial charge >= 0.3 is 5.63 Å². The third-order valence-corrected chi connectivity index (χ3v) is 5.40. The number of benzene rings is 2. The van der Waals surface area contributed by atoms with Crippen molar-refractivity contribution in [2.45, 2.75) is 29.6 Å². The van der Waals surface area contributed by atoms with E-state index in [1.54, 1.807) is 18.2 Å². The van der Waals surface area contributed by atoms with E-state index in [-0.39, 0.29) is 16.4 Å². The average molecular weight is 407 g/mol. The molecule has 26 heavy (non-hydrogen) atoms. The van der Waals surface area contributed by atoms with Gasteiger partial charge in [0.15, 0.2) is 0 Å². The first-order valence-corrected chi connectivity index (χ1v) is 9.52. The Labute approximate surface area is 165 Å². The summed E-state index contributed by atoms with van der Waals surface area (Å²) in [5.74, 6) is 0.357. The normalized spacial score (nSPS) is 11.1. The molecular formula is C20H16Cl2O3S. The molecule has 2 aromatic carbocycles. The molecule has 3 aromatic rings. The predicted octanol–water partition coefficient (Wildman–Crippen LogP) is 6.59. The van der Waals surface area contributed by atoms with Crippen molar-refractivity contribution in [1.82, 2.24) is 0 Å². The van der Waals surface area contributed by atoms with E-state index in [1.807, 2.05) is 24.3 Å². The lowest BCUT2D eigenvalue weighted by Crippen LogP contribution is -2.03. The first-order chi connectivity index (χ1) is 12.3. The predicted molar refractivity (Wildman–Crippen MR) is 107 cm³/mol. The molecular weight excluding hydrogens is 391 g/mol. The SMILES string of the molecule is CC(C)c1ccccc1Sc1c(O)cc(-c2cc(Cl)cc(Cl)c2)oc1=O. The Balaban J connectivity index is 2.03. The maximum atomic E-state index is 12.5. The molecule has 0 bridgehead atoms. The van der Waals surface area contributed by atoms with Crippen LogP contribution in [0.2, 0.25) is 10.0 Å². The molecule has 0 spiro atoms. The number of hydrogen-bond donors (Lipinski definition) is 1. The summed E-state index contributed by atoms with van der Waals surface area (Å²) in [7, 11) is 0. The van der Waals surface area contributed by atoms with Gasteiger partial charge in [-0.25, -0.2) is 4.79 Å². The fraction of sp³-hybridized carbons (Fsp3) is 0.150. The minimum atomic E-state index is -0.611. The van der Waals surface area contributed by atoms with Gasteiger partial charge in [0.05, 0.1) is 0 Å². The fourth-order valence-corrected chi connectivity index (χ4v) is 4.17. The van der Waals surface area contributed by atoms with Crippen molar-refractivity contribution in [2.24, 2.45) is 0 Å². The van der Waals surface area contributed by atoms with E-state index in [9.17, 15) is 9.90 Å². The van der Waals surface area contributed by atoms with Crippen molar-refractivity contribution in [1.29, 1.82) is 0 Å². The molecule has 0 radical (unpaired) electrons. The van der Waals surface area contributed by atoms with Crippen molar-refractivity contribution in [3.05, 3.63) is 74.6 Å².